The molecule has 0 unspecified atom stereocenters. The zero-order valence-corrected chi connectivity index (χ0v) is 9.80. The van der Waals surface area contributed by atoms with Crippen LogP contribution in [-0.2, 0) is 6.54 Å². The van der Waals surface area contributed by atoms with Crippen molar-refractivity contribution < 1.29 is 4.42 Å². The van der Waals surface area contributed by atoms with E-state index in [0.717, 1.165) is 12.3 Å². The molecule has 0 saturated carbocycles. The maximum absolute atomic E-state index is 11.4. The zero-order chi connectivity index (χ0) is 12.1. The van der Waals surface area contributed by atoms with Crippen molar-refractivity contribution in [3.8, 4) is 0 Å². The molecule has 2 rings (SSSR count). The lowest BCUT2D eigenvalue weighted by Crippen LogP contribution is -2.27. The second-order valence-corrected chi connectivity index (χ2v) is 3.92. The molecule has 2 heterocycles. The molecule has 2 aromatic rings. The van der Waals surface area contributed by atoms with E-state index < -0.39 is 0 Å². The molecule has 90 valence electrons. The SMILES string of the molecule is C[C@H](NCCn1ccccc1=O)c1ccco1. The number of hydrogen-bond donors (Lipinski definition) is 1. The summed E-state index contributed by atoms with van der Waals surface area (Å²) in [5.41, 5.74) is 0.0277. The summed E-state index contributed by atoms with van der Waals surface area (Å²) >= 11 is 0. The van der Waals surface area contributed by atoms with Gasteiger partial charge in [-0.05, 0) is 25.1 Å². The van der Waals surface area contributed by atoms with E-state index in [4.69, 9.17) is 4.42 Å². The van der Waals surface area contributed by atoms with Gasteiger partial charge in [0.1, 0.15) is 5.76 Å². The molecule has 0 aliphatic heterocycles. The summed E-state index contributed by atoms with van der Waals surface area (Å²) in [4.78, 5) is 11.4. The molecular formula is C13H16N2O2. The van der Waals surface area contributed by atoms with E-state index in [2.05, 4.69) is 5.32 Å². The Hall–Kier alpha value is -1.81. The van der Waals surface area contributed by atoms with E-state index >= 15 is 0 Å². The number of nitrogens with zero attached hydrogens (tertiary/aromatic N) is 1. The predicted octanol–water partition coefficient (Wildman–Crippen LogP) is 1.79. The van der Waals surface area contributed by atoms with Crippen LogP contribution in [0.15, 0.2) is 52.0 Å². The lowest BCUT2D eigenvalue weighted by atomic mass is 10.2. The van der Waals surface area contributed by atoms with Crippen LogP contribution in [0, 0.1) is 0 Å². The minimum absolute atomic E-state index is 0.0277. The number of pyridine rings is 1. The standard InChI is InChI=1S/C13H16N2O2/c1-11(12-5-4-10-17-12)14-7-9-15-8-3-2-6-13(15)16/h2-6,8,10-11,14H,7,9H2,1H3/t11-/m0/s1. The van der Waals surface area contributed by atoms with Crippen LogP contribution in [0.25, 0.3) is 0 Å². The molecule has 0 spiro atoms. The lowest BCUT2D eigenvalue weighted by Gasteiger charge is -2.11. The molecule has 0 aliphatic carbocycles. The molecule has 0 saturated heterocycles. The smallest absolute Gasteiger partial charge is 0.250 e. The Balaban J connectivity index is 1.84. The summed E-state index contributed by atoms with van der Waals surface area (Å²) in [7, 11) is 0. The topological polar surface area (TPSA) is 47.2 Å². The van der Waals surface area contributed by atoms with Crippen LogP contribution in [-0.4, -0.2) is 11.1 Å². The molecule has 0 radical (unpaired) electrons. The van der Waals surface area contributed by atoms with Gasteiger partial charge in [-0.3, -0.25) is 4.79 Å². The van der Waals surface area contributed by atoms with Gasteiger partial charge in [0.15, 0.2) is 0 Å². The highest BCUT2D eigenvalue weighted by Gasteiger charge is 2.06. The fraction of sp³-hybridized carbons (Fsp3) is 0.308. The van der Waals surface area contributed by atoms with Gasteiger partial charge >= 0.3 is 0 Å². The van der Waals surface area contributed by atoms with Crippen LogP contribution in [0.4, 0.5) is 0 Å². The molecule has 0 aliphatic rings. The first-order chi connectivity index (χ1) is 8.27. The van der Waals surface area contributed by atoms with Crippen molar-refractivity contribution in [3.63, 3.8) is 0 Å². The van der Waals surface area contributed by atoms with Crippen LogP contribution < -0.4 is 10.9 Å². The normalized spacial score (nSPS) is 12.5. The van der Waals surface area contributed by atoms with Crippen molar-refractivity contribution in [2.45, 2.75) is 19.5 Å². The molecule has 0 fully saturated rings. The monoisotopic (exact) mass is 232 g/mol. The second kappa shape index (κ2) is 5.50. The van der Waals surface area contributed by atoms with Crippen LogP contribution in [0.1, 0.15) is 18.7 Å². The zero-order valence-electron chi connectivity index (χ0n) is 9.80. The molecule has 4 nitrogen and oxygen atoms in total. The van der Waals surface area contributed by atoms with Crippen molar-refractivity contribution in [1.82, 2.24) is 9.88 Å². The van der Waals surface area contributed by atoms with Crippen LogP contribution in [0.3, 0.4) is 0 Å². The van der Waals surface area contributed by atoms with E-state index in [1.165, 1.54) is 0 Å². The van der Waals surface area contributed by atoms with Crippen molar-refractivity contribution in [2.75, 3.05) is 6.54 Å². The van der Waals surface area contributed by atoms with E-state index in [1.54, 1.807) is 29.2 Å². The van der Waals surface area contributed by atoms with Gasteiger partial charge in [-0.25, -0.2) is 0 Å². The molecule has 1 atom stereocenters. The van der Waals surface area contributed by atoms with Gasteiger partial charge in [0, 0.05) is 25.4 Å². The molecular weight excluding hydrogens is 216 g/mol. The van der Waals surface area contributed by atoms with Gasteiger partial charge in [0.2, 0.25) is 0 Å². The number of hydrogen-bond acceptors (Lipinski definition) is 3. The lowest BCUT2D eigenvalue weighted by molar-refractivity contribution is 0.422. The summed E-state index contributed by atoms with van der Waals surface area (Å²) in [6, 6.07) is 9.14. The Labute approximate surface area is 99.9 Å². The number of furan rings is 1. The minimum atomic E-state index is 0.0277. The highest BCUT2D eigenvalue weighted by Crippen LogP contribution is 2.11. The number of nitrogens with one attached hydrogen (secondary N) is 1. The third kappa shape index (κ3) is 3.07. The van der Waals surface area contributed by atoms with Gasteiger partial charge in [0.05, 0.1) is 12.3 Å². The van der Waals surface area contributed by atoms with Gasteiger partial charge in [0.25, 0.3) is 5.56 Å². The highest BCUT2D eigenvalue weighted by molar-refractivity contribution is 5.02. The molecule has 1 N–H and O–H groups in total. The van der Waals surface area contributed by atoms with Crippen LogP contribution in [0.5, 0.6) is 0 Å². The van der Waals surface area contributed by atoms with Crippen molar-refractivity contribution in [3.05, 3.63) is 58.9 Å². The Morgan fingerprint density at radius 3 is 2.94 bits per heavy atom. The molecule has 0 amide bonds. The summed E-state index contributed by atoms with van der Waals surface area (Å²) in [6.07, 6.45) is 3.46. The molecule has 0 bridgehead atoms. The number of aromatic nitrogens is 1. The first-order valence-corrected chi connectivity index (χ1v) is 5.69. The Kier molecular flexibility index (Phi) is 3.77. The van der Waals surface area contributed by atoms with Gasteiger partial charge in [-0.2, -0.15) is 0 Å². The molecule has 0 aromatic carbocycles. The largest absolute Gasteiger partial charge is 0.468 e. The van der Waals surface area contributed by atoms with Gasteiger partial charge < -0.3 is 14.3 Å². The Morgan fingerprint density at radius 1 is 1.35 bits per heavy atom. The Bertz CT molecular complexity index is 502. The summed E-state index contributed by atoms with van der Waals surface area (Å²) < 4.78 is 6.97. The highest BCUT2D eigenvalue weighted by atomic mass is 16.3. The van der Waals surface area contributed by atoms with Gasteiger partial charge in [-0.15, -0.1) is 0 Å². The van der Waals surface area contributed by atoms with Crippen LogP contribution >= 0.6 is 0 Å². The van der Waals surface area contributed by atoms with Crippen LogP contribution in [0.2, 0.25) is 0 Å². The molecule has 2 aromatic heterocycles. The fourth-order valence-corrected chi connectivity index (χ4v) is 1.69. The Morgan fingerprint density at radius 2 is 2.24 bits per heavy atom. The summed E-state index contributed by atoms with van der Waals surface area (Å²) in [5, 5.41) is 3.31. The first-order valence-electron chi connectivity index (χ1n) is 5.69. The van der Waals surface area contributed by atoms with Crippen molar-refractivity contribution >= 4 is 0 Å². The third-order valence-electron chi connectivity index (χ3n) is 2.67. The van der Waals surface area contributed by atoms with E-state index in [9.17, 15) is 4.79 Å². The van der Waals surface area contributed by atoms with Crippen molar-refractivity contribution in [2.24, 2.45) is 0 Å². The van der Waals surface area contributed by atoms with E-state index in [0.29, 0.717) is 6.54 Å². The average molecular weight is 232 g/mol. The van der Waals surface area contributed by atoms with E-state index in [-0.39, 0.29) is 11.6 Å². The second-order valence-electron chi connectivity index (χ2n) is 3.92. The third-order valence-corrected chi connectivity index (χ3v) is 2.67. The average Bonchev–Trinajstić information content (AvgIpc) is 2.85. The summed E-state index contributed by atoms with van der Waals surface area (Å²) in [6.45, 7) is 3.42. The molecule has 4 heteroatoms. The molecule has 17 heavy (non-hydrogen) atoms. The maximum Gasteiger partial charge on any atom is 0.250 e. The first kappa shape index (κ1) is 11.7. The maximum atomic E-state index is 11.4. The van der Waals surface area contributed by atoms with Gasteiger partial charge in [-0.1, -0.05) is 6.07 Å². The quantitative estimate of drug-likeness (QED) is 0.855. The minimum Gasteiger partial charge on any atom is -0.468 e. The van der Waals surface area contributed by atoms with E-state index in [1.807, 2.05) is 25.1 Å². The van der Waals surface area contributed by atoms with Crippen molar-refractivity contribution in [1.29, 1.82) is 0 Å². The number of rotatable bonds is 5. The summed E-state index contributed by atoms with van der Waals surface area (Å²) in [5.74, 6) is 0.908. The predicted molar refractivity (Wildman–Crippen MR) is 65.8 cm³/mol. The fourth-order valence-electron chi connectivity index (χ4n) is 1.69.